The minimum atomic E-state index is 0.160. The molecule has 130 valence electrons. The Hall–Kier alpha value is -2.48. The largest absolute Gasteiger partial charge is 0.287 e. The molecule has 0 N–H and O–H groups in total. The molecule has 1 aromatic heterocycles. The highest BCUT2D eigenvalue weighted by molar-refractivity contribution is 5.72. The van der Waals surface area contributed by atoms with E-state index in [1.807, 2.05) is 0 Å². The van der Waals surface area contributed by atoms with Crippen molar-refractivity contribution in [1.29, 1.82) is 0 Å². The predicted molar refractivity (Wildman–Crippen MR) is 105 cm³/mol. The lowest BCUT2D eigenvalue weighted by molar-refractivity contribution is -0.741. The lowest BCUT2D eigenvalue weighted by atomic mass is 9.82. The van der Waals surface area contributed by atoms with Crippen LogP contribution in [0.2, 0.25) is 0 Å². The lowest BCUT2D eigenvalue weighted by Gasteiger charge is -2.29. The Kier molecular flexibility index (Phi) is 3.19. The number of benzene rings is 2. The Bertz CT molecular complexity index is 994. The summed E-state index contributed by atoms with van der Waals surface area (Å²) in [6.07, 6.45) is 4.49. The molecule has 3 aromatic rings. The summed E-state index contributed by atoms with van der Waals surface area (Å²) in [5.41, 5.74) is 6.77. The van der Waals surface area contributed by atoms with Gasteiger partial charge in [-0.3, -0.25) is 0 Å². The molecule has 26 heavy (non-hydrogen) atoms. The maximum absolute atomic E-state index is 4.87. The third-order valence-electron chi connectivity index (χ3n) is 7.14. The zero-order chi connectivity index (χ0) is 17.9. The first-order chi connectivity index (χ1) is 12.6. The van der Waals surface area contributed by atoms with E-state index in [4.69, 9.17) is 4.98 Å². The SMILES string of the molecule is CCCC12C(C)C1(C)c1ccccc1-c1cc(-c3ccccc3)nc[n+]12. The Morgan fingerprint density at radius 3 is 2.54 bits per heavy atom. The molecule has 0 saturated heterocycles. The summed E-state index contributed by atoms with van der Waals surface area (Å²) in [5.74, 6) is 0.617. The molecule has 3 atom stereocenters. The highest BCUT2D eigenvalue weighted by Crippen LogP contribution is 2.70. The number of rotatable bonds is 3. The molecule has 0 amide bonds. The van der Waals surface area contributed by atoms with Crippen LogP contribution in [0, 0.1) is 5.92 Å². The van der Waals surface area contributed by atoms with E-state index in [9.17, 15) is 0 Å². The van der Waals surface area contributed by atoms with Crippen molar-refractivity contribution < 1.29 is 4.57 Å². The molecule has 2 heterocycles. The van der Waals surface area contributed by atoms with Gasteiger partial charge in [0.2, 0.25) is 0 Å². The van der Waals surface area contributed by atoms with E-state index < -0.39 is 0 Å². The first kappa shape index (κ1) is 15.7. The van der Waals surface area contributed by atoms with E-state index in [-0.39, 0.29) is 11.0 Å². The summed E-state index contributed by atoms with van der Waals surface area (Å²) < 4.78 is 2.50. The summed E-state index contributed by atoms with van der Waals surface area (Å²) in [6, 6.07) is 21.8. The summed E-state index contributed by atoms with van der Waals surface area (Å²) in [4.78, 5) is 4.87. The summed E-state index contributed by atoms with van der Waals surface area (Å²) >= 11 is 0. The zero-order valence-corrected chi connectivity index (χ0v) is 15.7. The van der Waals surface area contributed by atoms with Crippen molar-refractivity contribution in [3.8, 4) is 22.5 Å². The average Bonchev–Trinajstić information content (AvgIpc) is 3.19. The minimum Gasteiger partial charge on any atom is -0.223 e. The second-order valence-corrected chi connectivity index (χ2v) is 8.04. The molecule has 1 aliphatic heterocycles. The standard InChI is InChI=1S/C24H25N2/c1-4-14-24-17(2)23(24,3)20-13-9-8-12-19(20)22-15-21(25-16-26(22)24)18-10-6-5-7-11-18/h5-13,15-17H,4,14H2,1-3H3/q+1. The van der Waals surface area contributed by atoms with Gasteiger partial charge < -0.3 is 0 Å². The highest BCUT2D eigenvalue weighted by atomic mass is 15.2. The summed E-state index contributed by atoms with van der Waals surface area (Å²) in [7, 11) is 0. The molecule has 0 radical (unpaired) electrons. The van der Waals surface area contributed by atoms with Crippen molar-refractivity contribution in [3.63, 3.8) is 0 Å². The van der Waals surface area contributed by atoms with Crippen molar-refractivity contribution in [2.24, 2.45) is 5.92 Å². The van der Waals surface area contributed by atoms with E-state index in [1.165, 1.54) is 35.2 Å². The molecular formula is C24H25N2+. The molecular weight excluding hydrogens is 316 g/mol. The molecule has 5 rings (SSSR count). The van der Waals surface area contributed by atoms with Gasteiger partial charge in [0.15, 0.2) is 5.69 Å². The molecule has 2 aliphatic rings. The Morgan fingerprint density at radius 2 is 1.77 bits per heavy atom. The molecule has 3 unspecified atom stereocenters. The third kappa shape index (κ3) is 1.72. The van der Waals surface area contributed by atoms with Crippen LogP contribution in [0.5, 0.6) is 0 Å². The van der Waals surface area contributed by atoms with Crippen LogP contribution in [0.15, 0.2) is 67.0 Å². The molecule has 2 aromatic carbocycles. The number of fused-ring (bicyclic) bond motifs is 6. The smallest absolute Gasteiger partial charge is 0.223 e. The van der Waals surface area contributed by atoms with Gasteiger partial charge in [-0.2, -0.15) is 0 Å². The number of aromatic nitrogens is 2. The molecule has 2 heteroatoms. The van der Waals surface area contributed by atoms with E-state index >= 15 is 0 Å². The van der Waals surface area contributed by atoms with Gasteiger partial charge >= 0.3 is 0 Å². The van der Waals surface area contributed by atoms with Crippen LogP contribution in [0.3, 0.4) is 0 Å². The van der Waals surface area contributed by atoms with E-state index in [1.54, 1.807) is 0 Å². The normalized spacial score (nSPS) is 28.0. The first-order valence-electron chi connectivity index (χ1n) is 9.72. The van der Waals surface area contributed by atoms with Gasteiger partial charge in [0.25, 0.3) is 6.33 Å². The quantitative estimate of drug-likeness (QED) is 0.604. The second kappa shape index (κ2) is 5.26. The highest BCUT2D eigenvalue weighted by Gasteiger charge is 2.78. The Morgan fingerprint density at radius 1 is 1.04 bits per heavy atom. The van der Waals surface area contributed by atoms with Crippen molar-refractivity contribution in [2.75, 3.05) is 0 Å². The van der Waals surface area contributed by atoms with Crippen LogP contribution in [0.1, 0.15) is 39.2 Å². The van der Waals surface area contributed by atoms with Gasteiger partial charge in [-0.1, -0.05) is 81.8 Å². The Balaban J connectivity index is 1.79. The van der Waals surface area contributed by atoms with Gasteiger partial charge in [0.1, 0.15) is 11.2 Å². The number of hydrogen-bond donors (Lipinski definition) is 0. The van der Waals surface area contributed by atoms with Gasteiger partial charge in [-0.05, 0) is 17.0 Å². The van der Waals surface area contributed by atoms with Crippen LogP contribution in [-0.4, -0.2) is 4.98 Å². The summed E-state index contributed by atoms with van der Waals surface area (Å²) in [5, 5.41) is 0. The van der Waals surface area contributed by atoms with Gasteiger partial charge in [0, 0.05) is 28.5 Å². The fraction of sp³-hybridized carbons (Fsp3) is 0.333. The van der Waals surface area contributed by atoms with Crippen LogP contribution in [0.4, 0.5) is 0 Å². The van der Waals surface area contributed by atoms with Crippen molar-refractivity contribution in [3.05, 3.63) is 72.6 Å². The van der Waals surface area contributed by atoms with E-state index in [2.05, 4.69) is 92.3 Å². The zero-order valence-electron chi connectivity index (χ0n) is 15.7. The molecule has 1 saturated carbocycles. The van der Waals surface area contributed by atoms with Crippen LogP contribution in [0.25, 0.3) is 22.5 Å². The molecule has 0 bridgehead atoms. The number of nitrogens with zero attached hydrogens (tertiary/aromatic N) is 2. The summed E-state index contributed by atoms with van der Waals surface area (Å²) in [6.45, 7) is 7.17. The van der Waals surface area contributed by atoms with Gasteiger partial charge in [0.05, 0.1) is 0 Å². The third-order valence-corrected chi connectivity index (χ3v) is 7.14. The molecule has 2 nitrogen and oxygen atoms in total. The van der Waals surface area contributed by atoms with Crippen LogP contribution in [-0.2, 0) is 11.0 Å². The average molecular weight is 341 g/mol. The second-order valence-electron chi connectivity index (χ2n) is 8.04. The van der Waals surface area contributed by atoms with Crippen LogP contribution >= 0.6 is 0 Å². The maximum Gasteiger partial charge on any atom is 0.287 e. The lowest BCUT2D eigenvalue weighted by Crippen LogP contribution is -2.55. The molecule has 1 fully saturated rings. The molecule has 0 spiro atoms. The minimum absolute atomic E-state index is 0.160. The van der Waals surface area contributed by atoms with Crippen molar-refractivity contribution in [2.45, 2.75) is 44.6 Å². The van der Waals surface area contributed by atoms with Gasteiger partial charge in [-0.25, -0.2) is 4.57 Å². The van der Waals surface area contributed by atoms with Crippen molar-refractivity contribution >= 4 is 0 Å². The number of hydrogen-bond acceptors (Lipinski definition) is 1. The van der Waals surface area contributed by atoms with Gasteiger partial charge in [-0.15, -0.1) is 0 Å². The molecule has 1 aliphatic carbocycles. The predicted octanol–water partition coefficient (Wildman–Crippen LogP) is 5.12. The monoisotopic (exact) mass is 341 g/mol. The van der Waals surface area contributed by atoms with E-state index in [0.717, 1.165) is 5.69 Å². The van der Waals surface area contributed by atoms with E-state index in [0.29, 0.717) is 5.92 Å². The maximum atomic E-state index is 4.87. The fourth-order valence-electron chi connectivity index (χ4n) is 5.68. The topological polar surface area (TPSA) is 16.8 Å². The fourth-order valence-corrected chi connectivity index (χ4v) is 5.68. The Labute approximate surface area is 155 Å². The van der Waals surface area contributed by atoms with Crippen LogP contribution < -0.4 is 4.57 Å². The van der Waals surface area contributed by atoms with Crippen molar-refractivity contribution in [1.82, 2.24) is 4.98 Å². The first-order valence-corrected chi connectivity index (χ1v) is 9.72.